The smallest absolute Gasteiger partial charge is 0.160 e. The summed E-state index contributed by atoms with van der Waals surface area (Å²) >= 11 is 1.57. The Morgan fingerprint density at radius 2 is 2.53 bits per heavy atom. The van der Waals surface area contributed by atoms with Gasteiger partial charge < -0.3 is 9.64 Å². The Morgan fingerprint density at radius 3 is 3.20 bits per heavy atom. The molecule has 1 aromatic heterocycles. The molecule has 1 atom stereocenters. The Kier molecular flexibility index (Phi) is 3.38. The van der Waals surface area contributed by atoms with E-state index in [0.29, 0.717) is 5.92 Å². The number of hydrogen-bond donors (Lipinski definition) is 0. The molecule has 1 aliphatic heterocycles. The minimum atomic E-state index is 0.636. The molecule has 1 aliphatic rings. The molecule has 1 aromatic rings. The van der Waals surface area contributed by atoms with E-state index in [1.807, 2.05) is 12.1 Å². The van der Waals surface area contributed by atoms with E-state index < -0.39 is 0 Å². The number of thiophene rings is 1. The van der Waals surface area contributed by atoms with Crippen LogP contribution in [0, 0.1) is 5.92 Å². The molecular weight excluding hydrogens is 210 g/mol. The molecule has 0 bridgehead atoms. The van der Waals surface area contributed by atoms with Crippen LogP contribution in [0.4, 0.5) is 5.00 Å². The number of anilines is 1. The largest absolute Gasteiger partial charge is 0.384 e. The van der Waals surface area contributed by atoms with Gasteiger partial charge in [0.2, 0.25) is 0 Å². The highest BCUT2D eigenvalue weighted by molar-refractivity contribution is 7.17. The first-order valence-corrected chi connectivity index (χ1v) is 5.94. The van der Waals surface area contributed by atoms with E-state index >= 15 is 0 Å². The first-order valence-electron chi connectivity index (χ1n) is 5.12. The third-order valence-electron chi connectivity index (χ3n) is 2.73. The normalized spacial score (nSPS) is 20.9. The quantitative estimate of drug-likeness (QED) is 0.734. The molecule has 1 unspecified atom stereocenters. The highest BCUT2D eigenvalue weighted by Gasteiger charge is 2.23. The lowest BCUT2D eigenvalue weighted by atomic mass is 10.1. The zero-order chi connectivity index (χ0) is 10.7. The minimum Gasteiger partial charge on any atom is -0.384 e. The van der Waals surface area contributed by atoms with Gasteiger partial charge in [-0.2, -0.15) is 0 Å². The molecule has 1 saturated heterocycles. The lowest BCUT2D eigenvalue weighted by molar-refractivity contribution is 0.112. The average Bonchev–Trinajstić information content (AvgIpc) is 2.85. The number of aldehydes is 1. The van der Waals surface area contributed by atoms with Crippen LogP contribution in [0.3, 0.4) is 0 Å². The third-order valence-corrected chi connectivity index (χ3v) is 3.80. The predicted octanol–water partition coefficient (Wildman–Crippen LogP) is 2.03. The molecule has 1 fully saturated rings. The summed E-state index contributed by atoms with van der Waals surface area (Å²) in [6, 6.07) is 3.92. The molecule has 0 saturated carbocycles. The van der Waals surface area contributed by atoms with Crippen molar-refractivity contribution < 1.29 is 9.53 Å². The van der Waals surface area contributed by atoms with E-state index in [2.05, 4.69) is 4.90 Å². The molecule has 4 heteroatoms. The van der Waals surface area contributed by atoms with Crippen LogP contribution in [0.2, 0.25) is 0 Å². The molecule has 0 spiro atoms. The third kappa shape index (κ3) is 2.38. The first-order chi connectivity index (χ1) is 7.33. The molecule has 3 nitrogen and oxygen atoms in total. The highest BCUT2D eigenvalue weighted by Crippen LogP contribution is 2.29. The molecule has 2 rings (SSSR count). The van der Waals surface area contributed by atoms with Crippen LogP contribution < -0.4 is 4.90 Å². The number of nitrogens with zero attached hydrogens (tertiary/aromatic N) is 1. The van der Waals surface area contributed by atoms with Crippen molar-refractivity contribution in [2.24, 2.45) is 5.92 Å². The van der Waals surface area contributed by atoms with Crippen molar-refractivity contribution in [3.05, 3.63) is 17.0 Å². The van der Waals surface area contributed by atoms with Crippen LogP contribution in [0.15, 0.2) is 12.1 Å². The van der Waals surface area contributed by atoms with Gasteiger partial charge in [0.05, 0.1) is 16.5 Å². The van der Waals surface area contributed by atoms with E-state index in [1.54, 1.807) is 18.4 Å². The number of methoxy groups -OCH3 is 1. The van der Waals surface area contributed by atoms with Crippen LogP contribution in [-0.2, 0) is 4.74 Å². The molecule has 2 heterocycles. The fourth-order valence-corrected chi connectivity index (χ4v) is 2.84. The summed E-state index contributed by atoms with van der Waals surface area (Å²) in [6.45, 7) is 2.96. The Hall–Kier alpha value is -0.870. The monoisotopic (exact) mass is 225 g/mol. The summed E-state index contributed by atoms with van der Waals surface area (Å²) in [5, 5.41) is 1.20. The fraction of sp³-hybridized carbons (Fsp3) is 0.545. The molecule has 0 aliphatic carbocycles. The van der Waals surface area contributed by atoms with Crippen molar-refractivity contribution in [1.82, 2.24) is 0 Å². The van der Waals surface area contributed by atoms with Crippen molar-refractivity contribution in [2.45, 2.75) is 6.42 Å². The standard InChI is InChI=1S/C11H15NO2S/c1-14-8-9-4-5-12(6-9)11-3-2-10(7-13)15-11/h2-3,7,9H,4-6,8H2,1H3. The molecule has 0 N–H and O–H groups in total. The van der Waals surface area contributed by atoms with Crippen molar-refractivity contribution in [3.63, 3.8) is 0 Å². The summed E-state index contributed by atoms with van der Waals surface area (Å²) in [5.41, 5.74) is 0. The zero-order valence-corrected chi connectivity index (χ0v) is 9.63. The van der Waals surface area contributed by atoms with Gasteiger partial charge in [0, 0.05) is 26.1 Å². The Bertz CT molecular complexity index is 337. The highest BCUT2D eigenvalue weighted by atomic mass is 32.1. The van der Waals surface area contributed by atoms with E-state index in [-0.39, 0.29) is 0 Å². The van der Waals surface area contributed by atoms with Gasteiger partial charge in [-0.05, 0) is 18.6 Å². The fourth-order valence-electron chi connectivity index (χ4n) is 1.98. The van der Waals surface area contributed by atoms with E-state index in [9.17, 15) is 4.79 Å². The Balaban J connectivity index is 1.98. The summed E-state index contributed by atoms with van der Waals surface area (Å²) in [6.07, 6.45) is 2.10. The lowest BCUT2D eigenvalue weighted by Crippen LogP contribution is -2.19. The number of carbonyl (C=O) groups excluding carboxylic acids is 1. The van der Waals surface area contributed by atoms with E-state index in [1.165, 1.54) is 11.4 Å². The van der Waals surface area contributed by atoms with Crippen LogP contribution in [-0.4, -0.2) is 33.1 Å². The van der Waals surface area contributed by atoms with Gasteiger partial charge >= 0.3 is 0 Å². The Labute approximate surface area is 93.7 Å². The second-order valence-corrected chi connectivity index (χ2v) is 4.94. The first kappa shape index (κ1) is 10.6. The minimum absolute atomic E-state index is 0.636. The maximum absolute atomic E-state index is 10.6. The second-order valence-electron chi connectivity index (χ2n) is 3.85. The van der Waals surface area contributed by atoms with Gasteiger partial charge in [-0.25, -0.2) is 0 Å². The molecule has 15 heavy (non-hydrogen) atoms. The lowest BCUT2D eigenvalue weighted by Gasteiger charge is -2.15. The Morgan fingerprint density at radius 1 is 1.67 bits per heavy atom. The van der Waals surface area contributed by atoms with E-state index in [0.717, 1.165) is 30.9 Å². The van der Waals surface area contributed by atoms with Gasteiger partial charge in [-0.3, -0.25) is 4.79 Å². The van der Waals surface area contributed by atoms with Gasteiger partial charge in [0.1, 0.15) is 0 Å². The average molecular weight is 225 g/mol. The van der Waals surface area contributed by atoms with Gasteiger partial charge in [-0.15, -0.1) is 11.3 Å². The number of carbonyl (C=O) groups is 1. The molecule has 0 aromatic carbocycles. The van der Waals surface area contributed by atoms with Crippen LogP contribution in [0.1, 0.15) is 16.1 Å². The van der Waals surface area contributed by atoms with Gasteiger partial charge in [0.25, 0.3) is 0 Å². The van der Waals surface area contributed by atoms with Crippen LogP contribution >= 0.6 is 11.3 Å². The van der Waals surface area contributed by atoms with Crippen LogP contribution in [0.25, 0.3) is 0 Å². The molecule has 0 amide bonds. The zero-order valence-electron chi connectivity index (χ0n) is 8.81. The molecule has 82 valence electrons. The van der Waals surface area contributed by atoms with Crippen molar-refractivity contribution in [2.75, 3.05) is 31.7 Å². The van der Waals surface area contributed by atoms with Crippen molar-refractivity contribution in [3.8, 4) is 0 Å². The SMILES string of the molecule is COCC1CCN(c2ccc(C=O)s2)C1. The number of hydrogen-bond acceptors (Lipinski definition) is 4. The maximum atomic E-state index is 10.6. The van der Waals surface area contributed by atoms with Crippen molar-refractivity contribution in [1.29, 1.82) is 0 Å². The molecular formula is C11H15NO2S. The predicted molar refractivity (Wildman–Crippen MR) is 61.9 cm³/mol. The van der Waals surface area contributed by atoms with Crippen LogP contribution in [0.5, 0.6) is 0 Å². The summed E-state index contributed by atoms with van der Waals surface area (Å²) in [5.74, 6) is 0.636. The number of ether oxygens (including phenoxy) is 1. The summed E-state index contributed by atoms with van der Waals surface area (Å²) in [4.78, 5) is 13.7. The van der Waals surface area contributed by atoms with E-state index in [4.69, 9.17) is 4.74 Å². The van der Waals surface area contributed by atoms with Gasteiger partial charge in [0.15, 0.2) is 6.29 Å². The topological polar surface area (TPSA) is 29.5 Å². The van der Waals surface area contributed by atoms with Gasteiger partial charge in [-0.1, -0.05) is 0 Å². The second kappa shape index (κ2) is 4.77. The summed E-state index contributed by atoms with van der Waals surface area (Å²) < 4.78 is 5.16. The summed E-state index contributed by atoms with van der Waals surface area (Å²) in [7, 11) is 1.75. The maximum Gasteiger partial charge on any atom is 0.160 e. The van der Waals surface area contributed by atoms with Crippen molar-refractivity contribution >= 4 is 22.6 Å². The molecule has 0 radical (unpaired) electrons. The number of rotatable bonds is 4.